The molecule has 0 spiro atoms. The van der Waals surface area contributed by atoms with Crippen LogP contribution in [0.5, 0.6) is 0 Å². The minimum Gasteiger partial charge on any atom is -0.278 e. The zero-order valence-electron chi connectivity index (χ0n) is 7.31. The summed E-state index contributed by atoms with van der Waals surface area (Å²) in [6, 6.07) is 0. The lowest BCUT2D eigenvalue weighted by Gasteiger charge is -1.93. The highest BCUT2D eigenvalue weighted by atomic mass is 15.1. The van der Waals surface area contributed by atoms with Gasteiger partial charge in [-0.3, -0.25) is 5.10 Å². The lowest BCUT2D eigenvalue weighted by Crippen LogP contribution is -1.81. The maximum Gasteiger partial charge on any atom is 0.0609 e. The van der Waals surface area contributed by atoms with Gasteiger partial charge in [0.15, 0.2) is 0 Å². The molecule has 0 atom stereocenters. The van der Waals surface area contributed by atoms with E-state index in [-0.39, 0.29) is 0 Å². The quantitative estimate of drug-likeness (QED) is 0.689. The Morgan fingerprint density at radius 3 is 2.91 bits per heavy atom. The Bertz CT molecular complexity index is 254. The van der Waals surface area contributed by atoms with Gasteiger partial charge < -0.3 is 0 Å². The number of nitrogens with zero attached hydrogens (tertiary/aromatic N) is 1. The summed E-state index contributed by atoms with van der Waals surface area (Å²) in [6.07, 6.45) is 5.04. The monoisotopic (exact) mass is 150 g/mol. The molecule has 0 radical (unpaired) electrons. The first-order valence-corrected chi connectivity index (χ1v) is 3.91. The molecule has 11 heavy (non-hydrogen) atoms. The van der Waals surface area contributed by atoms with Crippen LogP contribution in [0.1, 0.15) is 32.0 Å². The number of nitrogens with one attached hydrogen (secondary N) is 1. The van der Waals surface area contributed by atoms with E-state index in [1.165, 1.54) is 11.1 Å². The van der Waals surface area contributed by atoms with Gasteiger partial charge in [0, 0.05) is 0 Å². The summed E-state index contributed by atoms with van der Waals surface area (Å²) in [5, 5.41) is 6.94. The van der Waals surface area contributed by atoms with Gasteiger partial charge in [0.25, 0.3) is 0 Å². The van der Waals surface area contributed by atoms with Crippen molar-refractivity contribution in [2.75, 3.05) is 0 Å². The van der Waals surface area contributed by atoms with Gasteiger partial charge >= 0.3 is 0 Å². The summed E-state index contributed by atoms with van der Waals surface area (Å²) in [4.78, 5) is 0. The average Bonchev–Trinajstić information content (AvgIpc) is 2.34. The van der Waals surface area contributed by atoms with Crippen molar-refractivity contribution in [3.63, 3.8) is 0 Å². The van der Waals surface area contributed by atoms with E-state index >= 15 is 0 Å². The van der Waals surface area contributed by atoms with Gasteiger partial charge in [0.2, 0.25) is 0 Å². The number of aromatic nitrogens is 2. The fraction of sp³-hybridized carbons (Fsp3) is 0.444. The van der Waals surface area contributed by atoms with E-state index in [2.05, 4.69) is 37.0 Å². The lowest BCUT2D eigenvalue weighted by atomic mass is 10.1. The van der Waals surface area contributed by atoms with Crippen LogP contribution in [-0.4, -0.2) is 10.2 Å². The van der Waals surface area contributed by atoms with Crippen molar-refractivity contribution in [1.82, 2.24) is 10.2 Å². The third-order valence-electron chi connectivity index (χ3n) is 1.57. The maximum absolute atomic E-state index is 3.98. The first-order valence-electron chi connectivity index (χ1n) is 3.91. The molecule has 0 aromatic carbocycles. The highest BCUT2D eigenvalue weighted by Gasteiger charge is 1.97. The first-order chi connectivity index (χ1) is 5.24. The van der Waals surface area contributed by atoms with Crippen molar-refractivity contribution < 1.29 is 0 Å². The predicted molar refractivity (Wildman–Crippen MR) is 47.3 cm³/mol. The molecule has 2 heteroatoms. The zero-order valence-corrected chi connectivity index (χ0v) is 7.31. The van der Waals surface area contributed by atoms with Crippen LogP contribution in [0.25, 0.3) is 6.08 Å². The summed E-state index contributed by atoms with van der Waals surface area (Å²) in [7, 11) is 0. The fourth-order valence-electron chi connectivity index (χ4n) is 1.02. The van der Waals surface area contributed by atoms with Crippen LogP contribution in [-0.2, 0) is 6.42 Å². The van der Waals surface area contributed by atoms with Crippen LogP contribution >= 0.6 is 0 Å². The summed E-state index contributed by atoms with van der Waals surface area (Å²) < 4.78 is 0. The van der Waals surface area contributed by atoms with Crippen molar-refractivity contribution >= 4 is 6.08 Å². The van der Waals surface area contributed by atoms with Gasteiger partial charge in [-0.2, -0.15) is 5.10 Å². The average molecular weight is 150 g/mol. The predicted octanol–water partition coefficient (Wildman–Crippen LogP) is 2.40. The fourth-order valence-corrected chi connectivity index (χ4v) is 1.02. The zero-order chi connectivity index (χ0) is 8.27. The van der Waals surface area contributed by atoms with Crippen LogP contribution in [0.3, 0.4) is 0 Å². The molecule has 0 saturated carbocycles. The summed E-state index contributed by atoms with van der Waals surface area (Å²) in [5.41, 5.74) is 3.72. The van der Waals surface area contributed by atoms with Crippen LogP contribution in [0, 0.1) is 0 Å². The molecule has 0 bridgehead atoms. The number of allylic oxidation sites excluding steroid dienone is 1. The molecule has 1 aromatic rings. The van der Waals surface area contributed by atoms with Crippen LogP contribution in [0.2, 0.25) is 0 Å². The lowest BCUT2D eigenvalue weighted by molar-refractivity contribution is 1.08. The Morgan fingerprint density at radius 2 is 2.36 bits per heavy atom. The molecule has 1 aromatic heterocycles. The molecular weight excluding hydrogens is 136 g/mol. The van der Waals surface area contributed by atoms with Crippen LogP contribution < -0.4 is 0 Å². The molecule has 2 nitrogen and oxygen atoms in total. The number of hydrogen-bond acceptors (Lipinski definition) is 1. The second-order valence-corrected chi connectivity index (χ2v) is 2.88. The Labute approximate surface area is 67.3 Å². The normalized spacial score (nSPS) is 9.73. The molecule has 0 unspecified atom stereocenters. The Balaban J connectivity index is 2.93. The van der Waals surface area contributed by atoms with Gasteiger partial charge in [-0.15, -0.1) is 0 Å². The number of rotatable bonds is 2. The Morgan fingerprint density at radius 1 is 1.64 bits per heavy atom. The standard InChI is InChI=1S/C9H14N2/c1-4-8-6-10-11-9(8)5-7(2)3/h5-6H,4H2,1-3H3,(H,10,11). The third kappa shape index (κ3) is 1.93. The minimum atomic E-state index is 1.04. The van der Waals surface area contributed by atoms with Crippen LogP contribution in [0.4, 0.5) is 0 Å². The molecule has 0 saturated heterocycles. The highest BCUT2D eigenvalue weighted by Crippen LogP contribution is 2.09. The van der Waals surface area contributed by atoms with Crippen molar-refractivity contribution in [2.45, 2.75) is 27.2 Å². The highest BCUT2D eigenvalue weighted by molar-refractivity contribution is 5.50. The largest absolute Gasteiger partial charge is 0.278 e. The summed E-state index contributed by atoms with van der Waals surface area (Å²) in [5.74, 6) is 0. The second kappa shape index (κ2) is 3.37. The number of aryl methyl sites for hydroxylation is 1. The minimum absolute atomic E-state index is 1.04. The molecule has 0 amide bonds. The van der Waals surface area contributed by atoms with Gasteiger partial charge in [-0.05, 0) is 31.9 Å². The van der Waals surface area contributed by atoms with E-state index in [1.54, 1.807) is 0 Å². The number of H-pyrrole nitrogens is 1. The van der Waals surface area contributed by atoms with Crippen LogP contribution in [0.15, 0.2) is 11.8 Å². The molecule has 1 N–H and O–H groups in total. The van der Waals surface area contributed by atoms with Crippen molar-refractivity contribution in [3.8, 4) is 0 Å². The molecule has 60 valence electrons. The molecule has 0 aliphatic rings. The van der Waals surface area contributed by atoms with Gasteiger partial charge in [-0.25, -0.2) is 0 Å². The SMILES string of the molecule is CCc1cn[nH]c1C=C(C)C. The Hall–Kier alpha value is -1.05. The Kier molecular flexibility index (Phi) is 2.47. The van der Waals surface area contributed by atoms with E-state index < -0.39 is 0 Å². The van der Waals surface area contributed by atoms with Crippen molar-refractivity contribution in [3.05, 3.63) is 23.0 Å². The number of hydrogen-bond donors (Lipinski definition) is 1. The van der Waals surface area contributed by atoms with Crippen molar-refractivity contribution in [2.24, 2.45) is 0 Å². The summed E-state index contributed by atoms with van der Waals surface area (Å²) >= 11 is 0. The van der Waals surface area contributed by atoms with E-state index in [1.807, 2.05) is 6.20 Å². The first kappa shape index (κ1) is 8.05. The molecule has 0 aliphatic heterocycles. The van der Waals surface area contributed by atoms with E-state index in [9.17, 15) is 0 Å². The smallest absolute Gasteiger partial charge is 0.0609 e. The van der Waals surface area contributed by atoms with E-state index in [4.69, 9.17) is 0 Å². The van der Waals surface area contributed by atoms with Crippen molar-refractivity contribution in [1.29, 1.82) is 0 Å². The van der Waals surface area contributed by atoms with Gasteiger partial charge in [0.1, 0.15) is 0 Å². The maximum atomic E-state index is 3.98. The second-order valence-electron chi connectivity index (χ2n) is 2.88. The molecular formula is C9H14N2. The molecule has 0 fully saturated rings. The number of aromatic amines is 1. The summed E-state index contributed by atoms with van der Waals surface area (Å²) in [6.45, 7) is 6.30. The van der Waals surface area contributed by atoms with Gasteiger partial charge in [0.05, 0.1) is 11.9 Å². The van der Waals surface area contributed by atoms with Gasteiger partial charge in [-0.1, -0.05) is 12.5 Å². The third-order valence-corrected chi connectivity index (χ3v) is 1.57. The molecule has 0 aliphatic carbocycles. The topological polar surface area (TPSA) is 28.7 Å². The van der Waals surface area contributed by atoms with E-state index in [0.29, 0.717) is 0 Å². The van der Waals surface area contributed by atoms with E-state index in [0.717, 1.165) is 12.1 Å². The molecule has 1 heterocycles. The molecule has 1 rings (SSSR count).